The van der Waals surface area contributed by atoms with Gasteiger partial charge in [-0.3, -0.25) is 4.90 Å². The monoisotopic (exact) mass is 200 g/mol. The molecule has 0 bridgehead atoms. The molecule has 0 radical (unpaired) electrons. The fraction of sp³-hybridized carbons (Fsp3) is 1.00. The van der Waals surface area contributed by atoms with Gasteiger partial charge in [-0.1, -0.05) is 6.92 Å². The molecule has 0 aromatic rings. The number of ether oxygens (including phenoxy) is 1. The number of methoxy groups -OCH3 is 1. The number of hydrogen-bond acceptors (Lipinski definition) is 3. The predicted octanol–water partition coefficient (Wildman–Crippen LogP) is 1.10. The molecule has 1 rings (SSSR count). The fourth-order valence-corrected chi connectivity index (χ4v) is 2.09. The van der Waals surface area contributed by atoms with Gasteiger partial charge in [0.15, 0.2) is 0 Å². The van der Waals surface area contributed by atoms with E-state index in [2.05, 4.69) is 17.1 Å². The molecule has 0 amide bonds. The summed E-state index contributed by atoms with van der Waals surface area (Å²) in [5.41, 5.74) is 0. The second-order valence-electron chi connectivity index (χ2n) is 4.01. The first kappa shape index (κ1) is 12.0. The molecule has 0 aliphatic carbocycles. The van der Waals surface area contributed by atoms with Crippen LogP contribution in [0.25, 0.3) is 0 Å². The zero-order chi connectivity index (χ0) is 10.2. The van der Waals surface area contributed by atoms with Crippen molar-refractivity contribution >= 4 is 0 Å². The van der Waals surface area contributed by atoms with Crippen LogP contribution in [0.4, 0.5) is 0 Å². The van der Waals surface area contributed by atoms with Crippen LogP contribution in [0.5, 0.6) is 0 Å². The van der Waals surface area contributed by atoms with E-state index in [0.717, 1.165) is 6.61 Å². The summed E-state index contributed by atoms with van der Waals surface area (Å²) < 4.78 is 5.26. The van der Waals surface area contributed by atoms with Crippen LogP contribution in [0.15, 0.2) is 0 Å². The van der Waals surface area contributed by atoms with Crippen LogP contribution in [0.2, 0.25) is 0 Å². The zero-order valence-electron chi connectivity index (χ0n) is 9.59. The van der Waals surface area contributed by atoms with Crippen molar-refractivity contribution in [2.75, 3.05) is 39.9 Å². The lowest BCUT2D eigenvalue weighted by atomic mass is 10.1. The Labute approximate surface area is 87.8 Å². The quantitative estimate of drug-likeness (QED) is 0.735. The van der Waals surface area contributed by atoms with Gasteiger partial charge < -0.3 is 10.1 Å². The van der Waals surface area contributed by atoms with E-state index in [9.17, 15) is 0 Å². The molecule has 1 N–H and O–H groups in total. The summed E-state index contributed by atoms with van der Waals surface area (Å²) in [6, 6.07) is 0.623. The Morgan fingerprint density at radius 1 is 1.29 bits per heavy atom. The summed E-state index contributed by atoms with van der Waals surface area (Å²) in [5, 5.41) is 3.44. The van der Waals surface area contributed by atoms with Crippen LogP contribution in [-0.4, -0.2) is 50.8 Å². The molecule has 0 saturated carbocycles. The highest BCUT2D eigenvalue weighted by Crippen LogP contribution is 2.07. The summed E-state index contributed by atoms with van der Waals surface area (Å²) >= 11 is 0. The smallest absolute Gasteiger partial charge is 0.0617 e. The van der Waals surface area contributed by atoms with E-state index in [-0.39, 0.29) is 0 Å². The third-order valence-electron chi connectivity index (χ3n) is 2.94. The molecule has 1 fully saturated rings. The molecule has 3 heteroatoms. The molecular formula is C11H24N2O. The third kappa shape index (κ3) is 3.95. The molecule has 1 aliphatic rings. The SMILES string of the molecule is CCC(COC)N1CCCNCCC1. The second-order valence-corrected chi connectivity index (χ2v) is 4.01. The average Bonchev–Trinajstić information content (AvgIpc) is 2.15. The number of nitrogens with one attached hydrogen (secondary N) is 1. The predicted molar refractivity (Wildman–Crippen MR) is 59.6 cm³/mol. The molecule has 0 aromatic carbocycles. The summed E-state index contributed by atoms with van der Waals surface area (Å²) in [4.78, 5) is 2.59. The van der Waals surface area contributed by atoms with Crippen molar-refractivity contribution < 1.29 is 4.74 Å². The lowest BCUT2D eigenvalue weighted by molar-refractivity contribution is 0.0830. The maximum atomic E-state index is 5.26. The van der Waals surface area contributed by atoms with Crippen molar-refractivity contribution in [2.45, 2.75) is 32.2 Å². The van der Waals surface area contributed by atoms with E-state index >= 15 is 0 Å². The van der Waals surface area contributed by atoms with Gasteiger partial charge in [-0.25, -0.2) is 0 Å². The van der Waals surface area contributed by atoms with Crippen LogP contribution < -0.4 is 5.32 Å². The Bertz CT molecular complexity index is 133. The third-order valence-corrected chi connectivity index (χ3v) is 2.94. The molecule has 1 heterocycles. The van der Waals surface area contributed by atoms with Crippen LogP contribution in [-0.2, 0) is 4.74 Å². The van der Waals surface area contributed by atoms with Gasteiger partial charge in [0.2, 0.25) is 0 Å². The highest BCUT2D eigenvalue weighted by Gasteiger charge is 2.16. The normalized spacial score (nSPS) is 22.7. The Kier molecular flexibility index (Phi) is 6.15. The molecule has 1 unspecified atom stereocenters. The Morgan fingerprint density at radius 3 is 2.43 bits per heavy atom. The molecule has 14 heavy (non-hydrogen) atoms. The van der Waals surface area contributed by atoms with Crippen molar-refractivity contribution in [1.29, 1.82) is 0 Å². The van der Waals surface area contributed by atoms with E-state index in [1.165, 1.54) is 45.4 Å². The van der Waals surface area contributed by atoms with Crippen LogP contribution in [0, 0.1) is 0 Å². The molecular weight excluding hydrogens is 176 g/mol. The van der Waals surface area contributed by atoms with E-state index < -0.39 is 0 Å². The van der Waals surface area contributed by atoms with Gasteiger partial charge in [0, 0.05) is 13.2 Å². The van der Waals surface area contributed by atoms with E-state index in [1.807, 2.05) is 0 Å². The summed E-state index contributed by atoms with van der Waals surface area (Å²) in [5.74, 6) is 0. The maximum Gasteiger partial charge on any atom is 0.0617 e. The molecule has 1 saturated heterocycles. The highest BCUT2D eigenvalue weighted by atomic mass is 16.5. The first-order chi connectivity index (χ1) is 6.88. The van der Waals surface area contributed by atoms with Crippen molar-refractivity contribution in [1.82, 2.24) is 10.2 Å². The number of hydrogen-bond donors (Lipinski definition) is 1. The minimum atomic E-state index is 0.623. The molecule has 1 atom stereocenters. The molecule has 1 aliphatic heterocycles. The fourth-order valence-electron chi connectivity index (χ4n) is 2.09. The molecule has 0 spiro atoms. The van der Waals surface area contributed by atoms with E-state index in [1.54, 1.807) is 7.11 Å². The first-order valence-electron chi connectivity index (χ1n) is 5.82. The minimum Gasteiger partial charge on any atom is -0.383 e. The second kappa shape index (κ2) is 7.21. The molecule has 3 nitrogen and oxygen atoms in total. The van der Waals surface area contributed by atoms with Gasteiger partial charge in [0.05, 0.1) is 6.61 Å². The van der Waals surface area contributed by atoms with Crippen molar-refractivity contribution in [3.05, 3.63) is 0 Å². The van der Waals surface area contributed by atoms with Gasteiger partial charge >= 0.3 is 0 Å². The number of rotatable bonds is 4. The van der Waals surface area contributed by atoms with Crippen molar-refractivity contribution in [3.8, 4) is 0 Å². The van der Waals surface area contributed by atoms with Gasteiger partial charge in [0.25, 0.3) is 0 Å². The topological polar surface area (TPSA) is 24.5 Å². The largest absolute Gasteiger partial charge is 0.383 e. The zero-order valence-corrected chi connectivity index (χ0v) is 9.59. The van der Waals surface area contributed by atoms with E-state index in [0.29, 0.717) is 6.04 Å². The van der Waals surface area contributed by atoms with Crippen molar-refractivity contribution in [3.63, 3.8) is 0 Å². The van der Waals surface area contributed by atoms with Gasteiger partial charge in [0.1, 0.15) is 0 Å². The average molecular weight is 200 g/mol. The molecule has 84 valence electrons. The summed E-state index contributed by atoms with van der Waals surface area (Å²) in [6.07, 6.45) is 3.72. The van der Waals surface area contributed by atoms with Gasteiger partial charge in [-0.05, 0) is 45.4 Å². The lowest BCUT2D eigenvalue weighted by Gasteiger charge is -2.32. The minimum absolute atomic E-state index is 0.623. The number of nitrogens with zero attached hydrogens (tertiary/aromatic N) is 1. The Morgan fingerprint density at radius 2 is 1.93 bits per heavy atom. The summed E-state index contributed by atoms with van der Waals surface area (Å²) in [6.45, 7) is 7.90. The van der Waals surface area contributed by atoms with Gasteiger partial charge in [-0.2, -0.15) is 0 Å². The van der Waals surface area contributed by atoms with Crippen LogP contribution in [0.3, 0.4) is 0 Å². The van der Waals surface area contributed by atoms with Gasteiger partial charge in [-0.15, -0.1) is 0 Å². The van der Waals surface area contributed by atoms with Crippen molar-refractivity contribution in [2.24, 2.45) is 0 Å². The Balaban J connectivity index is 2.35. The highest BCUT2D eigenvalue weighted by molar-refractivity contribution is 4.72. The lowest BCUT2D eigenvalue weighted by Crippen LogP contribution is -2.42. The molecule has 0 aromatic heterocycles. The van der Waals surface area contributed by atoms with Crippen LogP contribution >= 0.6 is 0 Å². The summed E-state index contributed by atoms with van der Waals surface area (Å²) in [7, 11) is 1.80. The van der Waals surface area contributed by atoms with E-state index in [4.69, 9.17) is 4.74 Å². The first-order valence-corrected chi connectivity index (χ1v) is 5.82. The van der Waals surface area contributed by atoms with Crippen LogP contribution in [0.1, 0.15) is 26.2 Å². The standard InChI is InChI=1S/C11H24N2O/c1-3-11(10-14-2)13-8-4-6-12-7-5-9-13/h11-12H,3-10H2,1-2H3. The Hall–Kier alpha value is -0.120. The maximum absolute atomic E-state index is 5.26.